The lowest BCUT2D eigenvalue weighted by Gasteiger charge is -2.24. The van der Waals surface area contributed by atoms with Crippen molar-refractivity contribution in [3.05, 3.63) is 33.4 Å². The first-order valence-corrected chi connectivity index (χ1v) is 6.98. The highest BCUT2D eigenvalue weighted by atomic mass is 127. The molecule has 2 atom stereocenters. The number of hydrogen-bond acceptors (Lipinski definition) is 2. The molecule has 1 aliphatic heterocycles. The van der Waals surface area contributed by atoms with Crippen LogP contribution in [0.25, 0.3) is 0 Å². The Hall–Kier alpha value is -0.130. The monoisotopic (exact) mass is 330 g/mol. The summed E-state index contributed by atoms with van der Waals surface area (Å²) in [5.41, 5.74) is 7.14. The number of halogens is 1. The second-order valence-corrected chi connectivity index (χ2v) is 5.86. The second-order valence-electron chi connectivity index (χ2n) is 4.61. The zero-order chi connectivity index (χ0) is 11.5. The quantitative estimate of drug-likeness (QED) is 0.864. The van der Waals surface area contributed by atoms with E-state index >= 15 is 0 Å². The van der Waals surface area contributed by atoms with Gasteiger partial charge in [-0.3, -0.25) is 4.90 Å². The molecule has 0 radical (unpaired) electrons. The third-order valence-electron chi connectivity index (χ3n) is 3.55. The maximum Gasteiger partial charge on any atom is 0.0320 e. The van der Waals surface area contributed by atoms with E-state index in [2.05, 4.69) is 58.7 Å². The van der Waals surface area contributed by atoms with Crippen molar-refractivity contribution in [2.24, 2.45) is 11.7 Å². The minimum Gasteiger partial charge on any atom is -0.330 e. The molecule has 0 spiro atoms. The van der Waals surface area contributed by atoms with Crippen LogP contribution in [0.5, 0.6) is 0 Å². The van der Waals surface area contributed by atoms with Gasteiger partial charge in [-0.15, -0.1) is 0 Å². The molecule has 2 rings (SSSR count). The van der Waals surface area contributed by atoms with E-state index in [4.69, 9.17) is 5.73 Å². The molecule has 1 aliphatic rings. The van der Waals surface area contributed by atoms with Crippen molar-refractivity contribution < 1.29 is 0 Å². The lowest BCUT2D eigenvalue weighted by molar-refractivity contribution is 0.253. The number of nitrogens with zero attached hydrogens (tertiary/aromatic N) is 1. The van der Waals surface area contributed by atoms with Crippen LogP contribution in [0.1, 0.15) is 24.9 Å². The number of hydrogen-bond donors (Lipinski definition) is 1. The Kier molecular flexibility index (Phi) is 4.21. The van der Waals surface area contributed by atoms with Crippen molar-refractivity contribution >= 4 is 22.6 Å². The molecular formula is C13H19IN2. The predicted molar refractivity (Wildman–Crippen MR) is 76.3 cm³/mol. The maximum absolute atomic E-state index is 5.73. The summed E-state index contributed by atoms with van der Waals surface area (Å²) in [5, 5.41) is 0. The summed E-state index contributed by atoms with van der Waals surface area (Å²) in [6.07, 6.45) is 1.26. The van der Waals surface area contributed by atoms with E-state index in [0.717, 1.165) is 13.1 Å². The Morgan fingerprint density at radius 1 is 1.44 bits per heavy atom. The van der Waals surface area contributed by atoms with E-state index < -0.39 is 0 Å². The molecule has 88 valence electrons. The Labute approximate surface area is 111 Å². The molecule has 3 heteroatoms. The third kappa shape index (κ3) is 2.76. The highest BCUT2D eigenvalue weighted by Gasteiger charge is 2.25. The van der Waals surface area contributed by atoms with Gasteiger partial charge in [0.15, 0.2) is 0 Å². The van der Waals surface area contributed by atoms with Crippen LogP contribution in [0.2, 0.25) is 0 Å². The van der Waals surface area contributed by atoms with Crippen molar-refractivity contribution in [1.82, 2.24) is 4.90 Å². The molecular weight excluding hydrogens is 311 g/mol. The van der Waals surface area contributed by atoms with E-state index in [-0.39, 0.29) is 0 Å². The molecule has 0 bridgehead atoms. The van der Waals surface area contributed by atoms with E-state index in [1.807, 2.05) is 0 Å². The van der Waals surface area contributed by atoms with Crippen LogP contribution in [-0.2, 0) is 0 Å². The van der Waals surface area contributed by atoms with E-state index in [1.54, 1.807) is 0 Å². The first-order chi connectivity index (χ1) is 7.70. The molecule has 0 aromatic heterocycles. The summed E-state index contributed by atoms with van der Waals surface area (Å²) < 4.78 is 1.30. The summed E-state index contributed by atoms with van der Waals surface area (Å²) in [6, 6.07) is 9.37. The average molecular weight is 330 g/mol. The van der Waals surface area contributed by atoms with Crippen molar-refractivity contribution in [1.29, 1.82) is 0 Å². The van der Waals surface area contributed by atoms with Crippen LogP contribution < -0.4 is 5.73 Å². The fourth-order valence-corrected chi connectivity index (χ4v) is 2.72. The van der Waals surface area contributed by atoms with Crippen LogP contribution in [0.15, 0.2) is 24.3 Å². The molecule has 1 aromatic carbocycles. The summed E-state index contributed by atoms with van der Waals surface area (Å²) in [4.78, 5) is 2.54. The Morgan fingerprint density at radius 2 is 2.12 bits per heavy atom. The fraction of sp³-hybridized carbons (Fsp3) is 0.538. The number of likely N-dealkylation sites (tertiary alicyclic amines) is 1. The van der Waals surface area contributed by atoms with Gasteiger partial charge in [0.2, 0.25) is 0 Å². The van der Waals surface area contributed by atoms with Gasteiger partial charge in [0, 0.05) is 16.2 Å². The molecule has 2 unspecified atom stereocenters. The van der Waals surface area contributed by atoms with Crippen molar-refractivity contribution in [2.75, 3.05) is 19.6 Å². The van der Waals surface area contributed by atoms with Crippen LogP contribution >= 0.6 is 22.6 Å². The van der Waals surface area contributed by atoms with Gasteiger partial charge in [-0.25, -0.2) is 0 Å². The summed E-state index contributed by atoms with van der Waals surface area (Å²) in [6.45, 7) is 5.47. The van der Waals surface area contributed by atoms with Gasteiger partial charge in [-0.05, 0) is 72.6 Å². The van der Waals surface area contributed by atoms with Gasteiger partial charge < -0.3 is 5.73 Å². The number of benzene rings is 1. The fourth-order valence-electron chi connectivity index (χ4n) is 2.36. The second kappa shape index (κ2) is 5.47. The van der Waals surface area contributed by atoms with Crippen LogP contribution in [0, 0.1) is 9.49 Å². The van der Waals surface area contributed by atoms with E-state index in [9.17, 15) is 0 Å². The summed E-state index contributed by atoms with van der Waals surface area (Å²) in [5.74, 6) is 0.700. The van der Waals surface area contributed by atoms with Crippen molar-refractivity contribution in [3.8, 4) is 0 Å². The zero-order valence-corrected chi connectivity index (χ0v) is 11.9. The standard InChI is InChI=1S/C13H19IN2/c1-10(12-2-4-13(14)5-3-12)16-7-6-11(8-15)9-16/h2-5,10-11H,6-9,15H2,1H3. The van der Waals surface area contributed by atoms with Gasteiger partial charge in [-0.2, -0.15) is 0 Å². The van der Waals surface area contributed by atoms with Crippen molar-refractivity contribution in [2.45, 2.75) is 19.4 Å². The molecule has 2 N–H and O–H groups in total. The molecule has 1 heterocycles. The highest BCUT2D eigenvalue weighted by molar-refractivity contribution is 14.1. The Balaban J connectivity index is 2.02. The summed E-state index contributed by atoms with van der Waals surface area (Å²) in [7, 11) is 0. The van der Waals surface area contributed by atoms with Crippen LogP contribution in [-0.4, -0.2) is 24.5 Å². The van der Waals surface area contributed by atoms with Gasteiger partial charge in [0.25, 0.3) is 0 Å². The first-order valence-electron chi connectivity index (χ1n) is 5.90. The minimum absolute atomic E-state index is 0.522. The molecule has 16 heavy (non-hydrogen) atoms. The molecule has 0 aliphatic carbocycles. The van der Waals surface area contributed by atoms with Crippen LogP contribution in [0.3, 0.4) is 0 Å². The third-order valence-corrected chi connectivity index (χ3v) is 4.27. The van der Waals surface area contributed by atoms with Crippen molar-refractivity contribution in [3.63, 3.8) is 0 Å². The SMILES string of the molecule is CC(c1ccc(I)cc1)N1CCC(CN)C1. The normalized spacial score (nSPS) is 23.6. The minimum atomic E-state index is 0.522. The highest BCUT2D eigenvalue weighted by Crippen LogP contribution is 2.27. The summed E-state index contributed by atoms with van der Waals surface area (Å²) >= 11 is 2.35. The Bertz CT molecular complexity index is 336. The van der Waals surface area contributed by atoms with Gasteiger partial charge >= 0.3 is 0 Å². The van der Waals surface area contributed by atoms with Crippen LogP contribution in [0.4, 0.5) is 0 Å². The first kappa shape index (κ1) is 12.3. The predicted octanol–water partition coefficient (Wildman–Crippen LogP) is 2.63. The lowest BCUT2D eigenvalue weighted by Crippen LogP contribution is -2.26. The Morgan fingerprint density at radius 3 is 2.69 bits per heavy atom. The van der Waals surface area contributed by atoms with E-state index in [1.165, 1.54) is 22.1 Å². The van der Waals surface area contributed by atoms with Gasteiger partial charge in [0.1, 0.15) is 0 Å². The largest absolute Gasteiger partial charge is 0.330 e. The zero-order valence-electron chi connectivity index (χ0n) is 9.70. The molecule has 1 saturated heterocycles. The number of nitrogens with two attached hydrogens (primary N) is 1. The van der Waals surface area contributed by atoms with Gasteiger partial charge in [0.05, 0.1) is 0 Å². The molecule has 1 fully saturated rings. The lowest BCUT2D eigenvalue weighted by atomic mass is 10.1. The average Bonchev–Trinajstić information content (AvgIpc) is 2.77. The van der Waals surface area contributed by atoms with E-state index in [0.29, 0.717) is 12.0 Å². The molecule has 0 saturated carbocycles. The molecule has 2 nitrogen and oxygen atoms in total. The smallest absolute Gasteiger partial charge is 0.0320 e. The number of rotatable bonds is 3. The molecule has 0 amide bonds. The maximum atomic E-state index is 5.73. The molecule has 1 aromatic rings. The topological polar surface area (TPSA) is 29.3 Å². The van der Waals surface area contributed by atoms with Gasteiger partial charge in [-0.1, -0.05) is 12.1 Å².